The van der Waals surface area contributed by atoms with Crippen LogP contribution in [-0.4, -0.2) is 30.8 Å². The highest BCUT2D eigenvalue weighted by Crippen LogP contribution is 2.32. The number of methoxy groups -OCH3 is 1. The summed E-state index contributed by atoms with van der Waals surface area (Å²) in [6, 6.07) is 6.06. The molecule has 0 bridgehead atoms. The highest BCUT2D eigenvalue weighted by Gasteiger charge is 2.25. The molecule has 0 unspecified atom stereocenters. The van der Waals surface area contributed by atoms with E-state index in [2.05, 4.69) is 24.2 Å². The van der Waals surface area contributed by atoms with Crippen LogP contribution in [0, 0.1) is 5.92 Å². The first-order valence-corrected chi connectivity index (χ1v) is 9.96. The summed E-state index contributed by atoms with van der Waals surface area (Å²) in [5, 5.41) is 3.60. The highest BCUT2D eigenvalue weighted by molar-refractivity contribution is 8.18. The van der Waals surface area contributed by atoms with Crippen molar-refractivity contribution in [2.45, 2.75) is 45.6 Å². The van der Waals surface area contributed by atoms with E-state index in [9.17, 15) is 4.79 Å². The van der Waals surface area contributed by atoms with Gasteiger partial charge in [0.25, 0.3) is 5.91 Å². The Hall–Kier alpha value is -1.95. The second kappa shape index (κ2) is 8.62. The second-order valence-electron chi connectivity index (χ2n) is 7.05. The lowest BCUT2D eigenvalue weighted by Crippen LogP contribution is -2.21. The van der Waals surface area contributed by atoms with Crippen LogP contribution < -0.4 is 14.8 Å². The zero-order valence-corrected chi connectivity index (χ0v) is 16.4. The summed E-state index contributed by atoms with van der Waals surface area (Å²) in [4.78, 5) is 17.6. The molecular formula is C20H26N2O3S. The molecule has 1 aromatic rings. The zero-order valence-electron chi connectivity index (χ0n) is 15.6. The Balaban J connectivity index is 1.76. The van der Waals surface area contributed by atoms with Crippen molar-refractivity contribution in [3.05, 3.63) is 28.7 Å². The Bertz CT molecular complexity index is 722. The van der Waals surface area contributed by atoms with Gasteiger partial charge in [0, 0.05) is 0 Å². The number of amides is 1. The zero-order chi connectivity index (χ0) is 18.5. The van der Waals surface area contributed by atoms with Gasteiger partial charge in [0.2, 0.25) is 0 Å². The third kappa shape index (κ3) is 4.81. The first-order valence-electron chi connectivity index (χ1n) is 9.14. The van der Waals surface area contributed by atoms with Gasteiger partial charge in [0.05, 0.1) is 24.7 Å². The Labute approximate surface area is 159 Å². The molecule has 0 spiro atoms. The maximum absolute atomic E-state index is 12.2. The first-order chi connectivity index (χ1) is 12.5. The third-order valence-electron chi connectivity index (χ3n) is 4.33. The van der Waals surface area contributed by atoms with Crippen molar-refractivity contribution in [3.8, 4) is 11.5 Å². The molecule has 1 saturated carbocycles. The van der Waals surface area contributed by atoms with E-state index >= 15 is 0 Å². The summed E-state index contributed by atoms with van der Waals surface area (Å²) < 4.78 is 11.2. The molecule has 0 aromatic heterocycles. The number of hydrogen-bond donors (Lipinski definition) is 1. The SMILES string of the molecule is COc1ccc(C=C2SC(=NC3CCCC3)NC2=O)cc1OCC(C)C. The number of nitrogens with one attached hydrogen (secondary N) is 1. The number of benzene rings is 1. The molecule has 1 amide bonds. The van der Waals surface area contributed by atoms with Crippen LogP contribution in [0.1, 0.15) is 45.1 Å². The molecule has 1 aromatic carbocycles. The fourth-order valence-corrected chi connectivity index (χ4v) is 3.88. The van der Waals surface area contributed by atoms with Gasteiger partial charge in [0.15, 0.2) is 16.7 Å². The summed E-state index contributed by atoms with van der Waals surface area (Å²) in [7, 11) is 1.63. The standard InChI is InChI=1S/C20H26N2O3S/c1-13(2)12-25-17-10-14(8-9-16(17)24-3)11-18-19(23)22-20(26-18)21-15-6-4-5-7-15/h8-11,13,15H,4-7,12H2,1-3H3,(H,21,22,23). The lowest BCUT2D eigenvalue weighted by molar-refractivity contribution is -0.115. The lowest BCUT2D eigenvalue weighted by atomic mass is 10.2. The van der Waals surface area contributed by atoms with Crippen LogP contribution in [0.2, 0.25) is 0 Å². The van der Waals surface area contributed by atoms with Gasteiger partial charge in [-0.2, -0.15) is 0 Å². The molecule has 1 aliphatic heterocycles. The molecule has 3 rings (SSSR count). The van der Waals surface area contributed by atoms with E-state index in [-0.39, 0.29) is 5.91 Å². The molecular weight excluding hydrogens is 348 g/mol. The molecule has 2 aliphatic rings. The molecule has 2 fully saturated rings. The number of hydrogen-bond acceptors (Lipinski definition) is 5. The predicted molar refractivity (Wildman–Crippen MR) is 107 cm³/mol. The first kappa shape index (κ1) is 18.8. The largest absolute Gasteiger partial charge is 0.493 e. The molecule has 1 N–H and O–H groups in total. The summed E-state index contributed by atoms with van der Waals surface area (Å²) in [5.41, 5.74) is 0.907. The van der Waals surface area contributed by atoms with E-state index in [1.807, 2.05) is 24.3 Å². The van der Waals surface area contributed by atoms with E-state index in [0.717, 1.165) is 23.6 Å². The molecule has 26 heavy (non-hydrogen) atoms. The van der Waals surface area contributed by atoms with Gasteiger partial charge in [-0.25, -0.2) is 0 Å². The van der Waals surface area contributed by atoms with Crippen molar-refractivity contribution in [1.29, 1.82) is 0 Å². The maximum Gasteiger partial charge on any atom is 0.264 e. The van der Waals surface area contributed by atoms with Gasteiger partial charge in [-0.3, -0.25) is 9.79 Å². The van der Waals surface area contributed by atoms with Crippen molar-refractivity contribution < 1.29 is 14.3 Å². The molecule has 1 saturated heterocycles. The second-order valence-corrected chi connectivity index (χ2v) is 8.08. The Morgan fingerprint density at radius 1 is 1.31 bits per heavy atom. The maximum atomic E-state index is 12.2. The van der Waals surface area contributed by atoms with Crippen molar-refractivity contribution in [1.82, 2.24) is 5.32 Å². The van der Waals surface area contributed by atoms with Crippen LogP contribution >= 0.6 is 11.8 Å². The topological polar surface area (TPSA) is 59.9 Å². The number of nitrogens with zero attached hydrogens (tertiary/aromatic N) is 1. The average molecular weight is 375 g/mol. The quantitative estimate of drug-likeness (QED) is 0.757. The van der Waals surface area contributed by atoms with Crippen molar-refractivity contribution >= 4 is 28.9 Å². The van der Waals surface area contributed by atoms with Crippen LogP contribution in [0.3, 0.4) is 0 Å². The highest BCUT2D eigenvalue weighted by atomic mass is 32.2. The fraction of sp³-hybridized carbons (Fsp3) is 0.500. The summed E-state index contributed by atoms with van der Waals surface area (Å²) >= 11 is 1.41. The van der Waals surface area contributed by atoms with E-state index in [0.29, 0.717) is 35.0 Å². The average Bonchev–Trinajstić information content (AvgIpc) is 3.23. The van der Waals surface area contributed by atoms with E-state index in [1.54, 1.807) is 7.11 Å². The number of carbonyl (C=O) groups is 1. The summed E-state index contributed by atoms with van der Waals surface area (Å²) in [6.45, 7) is 4.82. The van der Waals surface area contributed by atoms with Gasteiger partial charge in [0.1, 0.15) is 0 Å². The van der Waals surface area contributed by atoms with Crippen LogP contribution in [0.4, 0.5) is 0 Å². The molecule has 6 heteroatoms. The minimum absolute atomic E-state index is 0.0905. The molecule has 5 nitrogen and oxygen atoms in total. The normalized spacial score (nSPS) is 21.0. The van der Waals surface area contributed by atoms with Crippen molar-refractivity contribution in [2.24, 2.45) is 10.9 Å². The number of ether oxygens (including phenoxy) is 2. The number of rotatable bonds is 6. The van der Waals surface area contributed by atoms with Crippen LogP contribution in [-0.2, 0) is 4.79 Å². The smallest absolute Gasteiger partial charge is 0.264 e. The van der Waals surface area contributed by atoms with Gasteiger partial charge in [-0.15, -0.1) is 0 Å². The predicted octanol–water partition coefficient (Wildman–Crippen LogP) is 4.23. The number of amidine groups is 1. The van der Waals surface area contributed by atoms with E-state index in [1.165, 1.54) is 24.6 Å². The van der Waals surface area contributed by atoms with Gasteiger partial charge < -0.3 is 14.8 Å². The van der Waals surface area contributed by atoms with Crippen LogP contribution in [0.25, 0.3) is 6.08 Å². The van der Waals surface area contributed by atoms with Crippen molar-refractivity contribution in [2.75, 3.05) is 13.7 Å². The minimum atomic E-state index is -0.0905. The third-order valence-corrected chi connectivity index (χ3v) is 5.26. The Morgan fingerprint density at radius 2 is 2.08 bits per heavy atom. The number of carbonyl (C=O) groups excluding carboxylic acids is 1. The number of thioether (sulfide) groups is 1. The Kier molecular flexibility index (Phi) is 6.25. The molecule has 140 valence electrons. The lowest BCUT2D eigenvalue weighted by Gasteiger charge is -2.13. The summed E-state index contributed by atoms with van der Waals surface area (Å²) in [5.74, 6) is 1.72. The number of aliphatic imine (C=N–C) groups is 1. The van der Waals surface area contributed by atoms with E-state index in [4.69, 9.17) is 9.47 Å². The summed E-state index contributed by atoms with van der Waals surface area (Å²) in [6.07, 6.45) is 6.57. The fourth-order valence-electron chi connectivity index (χ4n) is 2.99. The van der Waals surface area contributed by atoms with Crippen molar-refractivity contribution in [3.63, 3.8) is 0 Å². The monoisotopic (exact) mass is 374 g/mol. The van der Waals surface area contributed by atoms with Gasteiger partial charge in [-0.1, -0.05) is 32.8 Å². The molecule has 1 heterocycles. The van der Waals surface area contributed by atoms with Gasteiger partial charge >= 0.3 is 0 Å². The van der Waals surface area contributed by atoms with Crippen LogP contribution in [0.5, 0.6) is 11.5 Å². The van der Waals surface area contributed by atoms with Gasteiger partial charge in [-0.05, 0) is 54.3 Å². The molecule has 0 radical (unpaired) electrons. The van der Waals surface area contributed by atoms with Crippen LogP contribution in [0.15, 0.2) is 28.1 Å². The van der Waals surface area contributed by atoms with E-state index < -0.39 is 0 Å². The molecule has 0 atom stereocenters. The Morgan fingerprint density at radius 3 is 2.77 bits per heavy atom. The minimum Gasteiger partial charge on any atom is -0.493 e. The molecule has 1 aliphatic carbocycles.